The monoisotopic (exact) mass is 476 g/mol. The number of benzene rings is 1. The van der Waals surface area contributed by atoms with Gasteiger partial charge in [-0.15, -0.1) is 21.5 Å². The second-order valence-electron chi connectivity index (χ2n) is 7.88. The number of aryl methyl sites for hydroxylation is 1. The molecule has 1 aromatic carbocycles. The smallest absolute Gasteiger partial charge is 0.272 e. The molecule has 0 radical (unpaired) electrons. The summed E-state index contributed by atoms with van der Waals surface area (Å²) in [6, 6.07) is 6.52. The third kappa shape index (κ3) is 3.72. The van der Waals surface area contributed by atoms with Crippen LogP contribution in [0.2, 0.25) is 0 Å². The van der Waals surface area contributed by atoms with E-state index in [0.29, 0.717) is 43.0 Å². The normalized spacial score (nSPS) is 16.3. The van der Waals surface area contributed by atoms with E-state index in [1.165, 1.54) is 28.0 Å². The van der Waals surface area contributed by atoms with Crippen LogP contribution in [0.4, 0.5) is 4.39 Å². The van der Waals surface area contributed by atoms with Crippen LogP contribution in [0.5, 0.6) is 0 Å². The summed E-state index contributed by atoms with van der Waals surface area (Å²) >= 11 is 1.40. The maximum absolute atomic E-state index is 13.1. The van der Waals surface area contributed by atoms with Gasteiger partial charge in [-0.25, -0.2) is 17.5 Å². The second kappa shape index (κ2) is 8.03. The fraction of sp³-hybridized carbons (Fsp3) is 0.350. The summed E-state index contributed by atoms with van der Waals surface area (Å²) in [7, 11) is -2.00. The van der Waals surface area contributed by atoms with Crippen molar-refractivity contribution in [3.63, 3.8) is 0 Å². The van der Waals surface area contributed by atoms with Gasteiger partial charge in [0.2, 0.25) is 15.8 Å². The van der Waals surface area contributed by atoms with E-state index in [-0.39, 0.29) is 16.5 Å². The quantitative estimate of drug-likeness (QED) is 0.471. The average molecular weight is 477 g/mol. The van der Waals surface area contributed by atoms with E-state index in [2.05, 4.69) is 19.8 Å². The Labute approximate surface area is 187 Å². The van der Waals surface area contributed by atoms with Gasteiger partial charge in [-0.3, -0.25) is 18.7 Å². The molecule has 1 aliphatic heterocycles. The van der Waals surface area contributed by atoms with Gasteiger partial charge < -0.3 is 0 Å². The van der Waals surface area contributed by atoms with E-state index in [9.17, 15) is 17.6 Å². The first-order valence-electron chi connectivity index (χ1n) is 10.1. The molecule has 1 fully saturated rings. The van der Waals surface area contributed by atoms with Gasteiger partial charge in [-0.2, -0.15) is 0 Å². The Hall–Kier alpha value is -2.67. The molecular formula is C20H21FN6O3S2. The predicted octanol–water partition coefficient (Wildman–Crippen LogP) is 1.72. The van der Waals surface area contributed by atoms with Crippen molar-refractivity contribution in [1.82, 2.24) is 28.8 Å². The first-order chi connectivity index (χ1) is 15.3. The van der Waals surface area contributed by atoms with Crippen molar-refractivity contribution in [2.24, 2.45) is 7.05 Å². The Morgan fingerprint density at radius 3 is 2.59 bits per heavy atom. The summed E-state index contributed by atoms with van der Waals surface area (Å²) in [5, 5.41) is 10.4. The van der Waals surface area contributed by atoms with Crippen LogP contribution >= 0.6 is 11.3 Å². The zero-order valence-electron chi connectivity index (χ0n) is 17.2. The van der Waals surface area contributed by atoms with E-state index in [1.54, 1.807) is 7.05 Å². The molecule has 0 unspecified atom stereocenters. The maximum Gasteiger partial charge on any atom is 0.272 e. The molecule has 3 aromatic heterocycles. The molecule has 32 heavy (non-hydrogen) atoms. The Morgan fingerprint density at radius 2 is 1.88 bits per heavy atom. The predicted molar refractivity (Wildman–Crippen MR) is 119 cm³/mol. The second-order valence-corrected chi connectivity index (χ2v) is 10.5. The van der Waals surface area contributed by atoms with Crippen LogP contribution in [0.25, 0.3) is 16.0 Å². The number of piperidine rings is 1. The minimum absolute atomic E-state index is 0.0571. The molecule has 1 aliphatic rings. The van der Waals surface area contributed by atoms with Crippen molar-refractivity contribution in [1.29, 1.82) is 0 Å². The van der Waals surface area contributed by atoms with E-state index >= 15 is 0 Å². The van der Waals surface area contributed by atoms with Crippen LogP contribution in [0.3, 0.4) is 0 Å². The SMILES string of the molecule is Cn1c(=O)c2sccc2n2c(CN3CCC(NS(=O)(=O)c4ccc(F)cc4)CC3)nnc12. The van der Waals surface area contributed by atoms with Crippen molar-refractivity contribution in [3.05, 3.63) is 57.7 Å². The fourth-order valence-corrected chi connectivity index (χ4v) is 6.22. The standard InChI is InChI=1S/C20H21FN6O3S2/c1-25-19(28)18-16(8-11-31-18)27-17(22-23-20(25)27)12-26-9-6-14(7-10-26)24-32(29,30)15-4-2-13(21)3-5-15/h2-5,8,11,14,24H,6-7,9-10,12H2,1H3. The number of nitrogens with one attached hydrogen (secondary N) is 1. The number of halogens is 1. The molecule has 4 aromatic rings. The van der Waals surface area contributed by atoms with Crippen molar-refractivity contribution in [3.8, 4) is 0 Å². The molecular weight excluding hydrogens is 455 g/mol. The zero-order valence-corrected chi connectivity index (χ0v) is 18.9. The first-order valence-corrected chi connectivity index (χ1v) is 12.5. The number of fused-ring (bicyclic) bond motifs is 3. The number of likely N-dealkylation sites (tertiary alicyclic amines) is 1. The molecule has 168 valence electrons. The number of hydrogen-bond acceptors (Lipinski definition) is 7. The van der Waals surface area contributed by atoms with Crippen LogP contribution in [0.1, 0.15) is 18.7 Å². The van der Waals surface area contributed by atoms with Gasteiger partial charge in [-0.05, 0) is 48.6 Å². The number of rotatable bonds is 5. The number of hydrogen-bond donors (Lipinski definition) is 1. The largest absolute Gasteiger partial charge is 0.296 e. The summed E-state index contributed by atoms with van der Waals surface area (Å²) in [5.41, 5.74) is 0.714. The van der Waals surface area contributed by atoms with Crippen LogP contribution in [-0.4, -0.2) is 51.6 Å². The summed E-state index contributed by atoms with van der Waals surface area (Å²) < 4.78 is 45.0. The van der Waals surface area contributed by atoms with Crippen LogP contribution in [0, 0.1) is 5.82 Å². The van der Waals surface area contributed by atoms with Crippen LogP contribution in [-0.2, 0) is 23.6 Å². The van der Waals surface area contributed by atoms with Gasteiger partial charge in [-0.1, -0.05) is 0 Å². The van der Waals surface area contributed by atoms with Crippen LogP contribution < -0.4 is 10.3 Å². The van der Waals surface area contributed by atoms with Crippen molar-refractivity contribution in [2.75, 3.05) is 13.1 Å². The van der Waals surface area contributed by atoms with E-state index in [1.807, 2.05) is 15.8 Å². The fourth-order valence-electron chi connectivity index (χ4n) is 4.07. The van der Waals surface area contributed by atoms with Gasteiger partial charge in [0, 0.05) is 26.2 Å². The molecule has 1 saturated heterocycles. The van der Waals surface area contributed by atoms with Crippen molar-refractivity contribution < 1.29 is 12.8 Å². The van der Waals surface area contributed by atoms with Gasteiger partial charge in [0.05, 0.1) is 17.0 Å². The number of aromatic nitrogens is 4. The van der Waals surface area contributed by atoms with Crippen LogP contribution in [0.15, 0.2) is 45.4 Å². The Kier molecular flexibility index (Phi) is 5.32. The number of sulfonamides is 1. The molecule has 0 spiro atoms. The molecule has 4 heterocycles. The van der Waals surface area contributed by atoms with E-state index in [4.69, 9.17) is 0 Å². The molecule has 0 amide bonds. The minimum atomic E-state index is -3.69. The zero-order chi connectivity index (χ0) is 22.5. The number of nitrogens with zero attached hydrogens (tertiary/aromatic N) is 5. The molecule has 12 heteroatoms. The lowest BCUT2D eigenvalue weighted by Crippen LogP contribution is -2.44. The first kappa shape index (κ1) is 21.2. The lowest BCUT2D eigenvalue weighted by atomic mass is 10.1. The van der Waals surface area contributed by atoms with Crippen molar-refractivity contribution >= 4 is 37.4 Å². The van der Waals surface area contributed by atoms with Gasteiger partial charge in [0.15, 0.2) is 5.82 Å². The Bertz CT molecular complexity index is 1450. The number of thiophene rings is 1. The van der Waals surface area contributed by atoms with Gasteiger partial charge in [0.25, 0.3) is 5.56 Å². The third-order valence-electron chi connectivity index (χ3n) is 5.80. The maximum atomic E-state index is 13.1. The third-order valence-corrected chi connectivity index (χ3v) is 8.22. The Morgan fingerprint density at radius 1 is 1.16 bits per heavy atom. The molecule has 9 nitrogen and oxygen atoms in total. The topological polar surface area (TPSA) is 102 Å². The lowest BCUT2D eigenvalue weighted by molar-refractivity contribution is 0.195. The Balaban J connectivity index is 1.29. The molecule has 0 aliphatic carbocycles. The van der Waals surface area contributed by atoms with Gasteiger partial charge >= 0.3 is 0 Å². The van der Waals surface area contributed by atoms with Gasteiger partial charge in [0.1, 0.15) is 10.5 Å². The lowest BCUT2D eigenvalue weighted by Gasteiger charge is -2.31. The molecule has 0 atom stereocenters. The summed E-state index contributed by atoms with van der Waals surface area (Å²) in [5.74, 6) is 0.764. The molecule has 1 N–H and O–H groups in total. The molecule has 0 saturated carbocycles. The average Bonchev–Trinajstić information content (AvgIpc) is 3.41. The minimum Gasteiger partial charge on any atom is -0.296 e. The summed E-state index contributed by atoms with van der Waals surface area (Å²) in [4.78, 5) is 14.7. The van der Waals surface area contributed by atoms with E-state index in [0.717, 1.165) is 23.5 Å². The highest BCUT2D eigenvalue weighted by Crippen LogP contribution is 2.21. The molecule has 5 rings (SSSR count). The van der Waals surface area contributed by atoms with E-state index < -0.39 is 15.8 Å². The summed E-state index contributed by atoms with van der Waals surface area (Å²) in [6.45, 7) is 1.91. The van der Waals surface area contributed by atoms with Crippen molar-refractivity contribution in [2.45, 2.75) is 30.3 Å². The highest BCUT2D eigenvalue weighted by molar-refractivity contribution is 7.89. The molecule has 0 bridgehead atoms. The highest BCUT2D eigenvalue weighted by atomic mass is 32.2. The highest BCUT2D eigenvalue weighted by Gasteiger charge is 2.26. The summed E-state index contributed by atoms with van der Waals surface area (Å²) in [6.07, 6.45) is 1.28.